The maximum absolute atomic E-state index is 14.0. The van der Waals surface area contributed by atoms with Gasteiger partial charge >= 0.3 is 0 Å². The van der Waals surface area contributed by atoms with E-state index >= 15 is 0 Å². The standard InChI is InChI=1S/C14H20FNO/c1-2-12-7-3-4-9-16(12)14-11(10-17)6-5-8-13(14)15/h5-6,8,12,17H,2-4,7,9-10H2,1H3. The molecule has 0 aromatic heterocycles. The Morgan fingerprint density at radius 3 is 2.94 bits per heavy atom. The molecule has 2 nitrogen and oxygen atoms in total. The molecule has 3 heteroatoms. The van der Waals surface area contributed by atoms with Crippen LogP contribution in [0.3, 0.4) is 0 Å². The molecule has 0 bridgehead atoms. The van der Waals surface area contributed by atoms with Gasteiger partial charge in [-0.3, -0.25) is 0 Å². The summed E-state index contributed by atoms with van der Waals surface area (Å²) in [4.78, 5) is 2.14. The van der Waals surface area contributed by atoms with E-state index in [1.54, 1.807) is 12.1 Å². The van der Waals surface area contributed by atoms with Gasteiger partial charge in [-0.25, -0.2) is 4.39 Å². The molecule has 0 spiro atoms. The summed E-state index contributed by atoms with van der Waals surface area (Å²) in [6, 6.07) is 5.36. The molecule has 0 saturated carbocycles. The molecule has 0 aliphatic carbocycles. The quantitative estimate of drug-likeness (QED) is 0.873. The highest BCUT2D eigenvalue weighted by atomic mass is 19.1. The van der Waals surface area contributed by atoms with Crippen LogP contribution in [0.1, 0.15) is 38.2 Å². The summed E-state index contributed by atoms with van der Waals surface area (Å²) in [7, 11) is 0. The van der Waals surface area contributed by atoms with Crippen molar-refractivity contribution in [1.29, 1.82) is 0 Å². The van der Waals surface area contributed by atoms with Gasteiger partial charge in [-0.1, -0.05) is 19.1 Å². The molecule has 0 amide bonds. The Kier molecular flexibility index (Phi) is 4.00. The second kappa shape index (κ2) is 5.50. The van der Waals surface area contributed by atoms with Crippen LogP contribution in [0.2, 0.25) is 0 Å². The minimum atomic E-state index is -0.211. The molecule has 1 aromatic carbocycles. The Balaban J connectivity index is 2.36. The van der Waals surface area contributed by atoms with Gasteiger partial charge in [0.2, 0.25) is 0 Å². The van der Waals surface area contributed by atoms with Crippen LogP contribution in [-0.4, -0.2) is 17.7 Å². The van der Waals surface area contributed by atoms with E-state index in [-0.39, 0.29) is 12.4 Å². The first-order chi connectivity index (χ1) is 8.27. The van der Waals surface area contributed by atoms with E-state index < -0.39 is 0 Å². The molecule has 1 fully saturated rings. The van der Waals surface area contributed by atoms with Crippen LogP contribution >= 0.6 is 0 Å². The van der Waals surface area contributed by atoms with Gasteiger partial charge in [0.1, 0.15) is 5.82 Å². The summed E-state index contributed by atoms with van der Waals surface area (Å²) in [5, 5.41) is 9.34. The first kappa shape index (κ1) is 12.4. The molecule has 1 atom stereocenters. The monoisotopic (exact) mass is 237 g/mol. The second-order valence-corrected chi connectivity index (χ2v) is 4.66. The maximum Gasteiger partial charge on any atom is 0.146 e. The van der Waals surface area contributed by atoms with Crippen LogP contribution in [-0.2, 0) is 6.61 Å². The smallest absolute Gasteiger partial charge is 0.146 e. The Hall–Kier alpha value is -1.09. The summed E-state index contributed by atoms with van der Waals surface area (Å²) in [5.41, 5.74) is 1.31. The lowest BCUT2D eigenvalue weighted by atomic mass is 9.98. The number of benzene rings is 1. The molecular weight excluding hydrogens is 217 g/mol. The predicted molar refractivity (Wildman–Crippen MR) is 67.6 cm³/mol. The van der Waals surface area contributed by atoms with Crippen molar-refractivity contribution >= 4 is 5.69 Å². The zero-order chi connectivity index (χ0) is 12.3. The molecule has 1 heterocycles. The van der Waals surface area contributed by atoms with Gasteiger partial charge in [-0.05, 0) is 31.7 Å². The van der Waals surface area contributed by atoms with E-state index in [2.05, 4.69) is 11.8 Å². The van der Waals surface area contributed by atoms with Gasteiger partial charge in [0, 0.05) is 18.2 Å². The normalized spacial score (nSPS) is 20.6. The highest BCUT2D eigenvalue weighted by molar-refractivity contribution is 5.55. The molecule has 0 radical (unpaired) electrons. The molecule has 1 unspecified atom stereocenters. The van der Waals surface area contributed by atoms with Gasteiger partial charge in [0.05, 0.1) is 12.3 Å². The third-order valence-electron chi connectivity index (χ3n) is 3.63. The van der Waals surface area contributed by atoms with E-state index in [1.165, 1.54) is 12.5 Å². The first-order valence-corrected chi connectivity index (χ1v) is 6.42. The largest absolute Gasteiger partial charge is 0.392 e. The second-order valence-electron chi connectivity index (χ2n) is 4.66. The molecule has 1 aliphatic heterocycles. The van der Waals surface area contributed by atoms with Crippen LogP contribution in [0, 0.1) is 5.82 Å². The Morgan fingerprint density at radius 1 is 1.41 bits per heavy atom. The summed E-state index contributed by atoms with van der Waals surface area (Å²) in [5.74, 6) is -0.211. The summed E-state index contributed by atoms with van der Waals surface area (Å²) >= 11 is 0. The van der Waals surface area contributed by atoms with Gasteiger partial charge < -0.3 is 10.0 Å². The van der Waals surface area contributed by atoms with Crippen molar-refractivity contribution in [1.82, 2.24) is 0 Å². The number of hydrogen-bond donors (Lipinski definition) is 1. The van der Waals surface area contributed by atoms with Crippen LogP contribution in [0.25, 0.3) is 0 Å². The average Bonchev–Trinajstić information content (AvgIpc) is 2.38. The third kappa shape index (κ3) is 2.44. The Labute approximate surface area is 102 Å². The summed E-state index contributed by atoms with van der Waals surface area (Å²) < 4.78 is 14.0. The van der Waals surface area contributed by atoms with Crippen molar-refractivity contribution < 1.29 is 9.50 Å². The van der Waals surface area contributed by atoms with Crippen molar-refractivity contribution in [2.24, 2.45) is 0 Å². The molecule has 17 heavy (non-hydrogen) atoms. The number of nitrogens with zero attached hydrogens (tertiary/aromatic N) is 1. The summed E-state index contributed by atoms with van der Waals surface area (Å²) in [6.45, 7) is 2.94. The van der Waals surface area contributed by atoms with Crippen LogP contribution < -0.4 is 4.90 Å². The van der Waals surface area contributed by atoms with E-state index in [9.17, 15) is 9.50 Å². The molecule has 1 aliphatic rings. The molecule has 2 rings (SSSR count). The highest BCUT2D eigenvalue weighted by Gasteiger charge is 2.25. The number of halogens is 1. The van der Waals surface area contributed by atoms with Gasteiger partial charge in [0.15, 0.2) is 0 Å². The SMILES string of the molecule is CCC1CCCCN1c1c(F)cccc1CO. The summed E-state index contributed by atoms with van der Waals surface area (Å²) in [6.07, 6.45) is 4.47. The molecule has 94 valence electrons. The maximum atomic E-state index is 14.0. The van der Waals surface area contributed by atoms with E-state index in [4.69, 9.17) is 0 Å². The topological polar surface area (TPSA) is 23.5 Å². The molecule has 1 N–H and O–H groups in total. The Bertz CT molecular complexity index is 380. The minimum absolute atomic E-state index is 0.0972. The lowest BCUT2D eigenvalue weighted by molar-refractivity contribution is 0.280. The zero-order valence-corrected chi connectivity index (χ0v) is 10.3. The van der Waals surface area contributed by atoms with Crippen molar-refractivity contribution in [3.05, 3.63) is 29.6 Å². The van der Waals surface area contributed by atoms with Crippen LogP contribution in [0.15, 0.2) is 18.2 Å². The van der Waals surface area contributed by atoms with Crippen molar-refractivity contribution in [3.8, 4) is 0 Å². The number of piperidine rings is 1. The minimum Gasteiger partial charge on any atom is -0.392 e. The van der Waals surface area contributed by atoms with Crippen molar-refractivity contribution in [2.45, 2.75) is 45.3 Å². The number of rotatable bonds is 3. The fourth-order valence-electron chi connectivity index (χ4n) is 2.73. The van der Waals surface area contributed by atoms with Crippen LogP contribution in [0.5, 0.6) is 0 Å². The fraction of sp³-hybridized carbons (Fsp3) is 0.571. The number of aliphatic hydroxyl groups excluding tert-OH is 1. The molecule has 1 saturated heterocycles. The molecule has 1 aromatic rings. The van der Waals surface area contributed by atoms with Crippen molar-refractivity contribution in [3.63, 3.8) is 0 Å². The number of para-hydroxylation sites is 1. The van der Waals surface area contributed by atoms with E-state index in [0.29, 0.717) is 17.3 Å². The zero-order valence-electron chi connectivity index (χ0n) is 10.3. The third-order valence-corrected chi connectivity index (χ3v) is 3.63. The first-order valence-electron chi connectivity index (χ1n) is 6.42. The average molecular weight is 237 g/mol. The van der Waals surface area contributed by atoms with E-state index in [0.717, 1.165) is 25.8 Å². The van der Waals surface area contributed by atoms with Gasteiger partial charge in [-0.2, -0.15) is 0 Å². The highest BCUT2D eigenvalue weighted by Crippen LogP contribution is 2.31. The number of aliphatic hydroxyl groups is 1. The van der Waals surface area contributed by atoms with Crippen LogP contribution in [0.4, 0.5) is 10.1 Å². The van der Waals surface area contributed by atoms with Crippen molar-refractivity contribution in [2.75, 3.05) is 11.4 Å². The number of anilines is 1. The number of hydrogen-bond acceptors (Lipinski definition) is 2. The predicted octanol–water partition coefficient (Wildman–Crippen LogP) is 3.09. The van der Waals surface area contributed by atoms with Gasteiger partial charge in [-0.15, -0.1) is 0 Å². The fourth-order valence-corrected chi connectivity index (χ4v) is 2.73. The Morgan fingerprint density at radius 2 is 2.24 bits per heavy atom. The molecular formula is C14H20FNO. The van der Waals surface area contributed by atoms with Gasteiger partial charge in [0.25, 0.3) is 0 Å². The lowest BCUT2D eigenvalue weighted by Crippen LogP contribution is -2.40. The van der Waals surface area contributed by atoms with E-state index in [1.807, 2.05) is 0 Å². The lowest BCUT2D eigenvalue weighted by Gasteiger charge is -2.38.